The highest BCUT2D eigenvalue weighted by molar-refractivity contribution is 4.95. The molecule has 1 unspecified atom stereocenters. The maximum absolute atomic E-state index is 8.18. The van der Waals surface area contributed by atoms with Crippen molar-refractivity contribution in [3.05, 3.63) is 25.3 Å². The molecular weight excluding hydrogens is 128 g/mol. The van der Waals surface area contributed by atoms with Crippen LogP contribution in [0.3, 0.4) is 0 Å². The minimum absolute atomic E-state index is 0.184. The zero-order valence-electron chi connectivity index (χ0n) is 6.34. The Labute approximate surface area is 61.8 Å². The summed E-state index contributed by atoms with van der Waals surface area (Å²) in [5, 5.41) is 8.18. The van der Waals surface area contributed by atoms with Gasteiger partial charge in [0.15, 0.2) is 0 Å². The van der Waals surface area contributed by atoms with Gasteiger partial charge in [-0.25, -0.2) is 4.89 Å². The van der Waals surface area contributed by atoms with Crippen LogP contribution in [0.1, 0.15) is 13.3 Å². The number of hydrogen-bond acceptors (Lipinski definition) is 2. The average Bonchev–Trinajstić information content (AvgIpc) is 1.89. The van der Waals surface area contributed by atoms with Gasteiger partial charge < -0.3 is 0 Å². The van der Waals surface area contributed by atoms with Gasteiger partial charge in [-0.1, -0.05) is 19.1 Å². The molecule has 0 saturated heterocycles. The van der Waals surface area contributed by atoms with Gasteiger partial charge in [0.25, 0.3) is 0 Å². The summed E-state index contributed by atoms with van der Waals surface area (Å²) >= 11 is 0. The summed E-state index contributed by atoms with van der Waals surface area (Å²) in [5.41, 5.74) is -0.184. The molecule has 0 fully saturated rings. The predicted octanol–water partition coefficient (Wildman–Crippen LogP) is 2.24. The van der Waals surface area contributed by atoms with Gasteiger partial charge in [0.2, 0.25) is 0 Å². The number of hydrogen-bond donors (Lipinski definition) is 1. The first kappa shape index (κ1) is 9.40. The normalized spacial score (nSPS) is 15.8. The molecule has 1 atom stereocenters. The van der Waals surface area contributed by atoms with Crippen LogP contribution in [-0.4, -0.2) is 11.9 Å². The molecule has 10 heavy (non-hydrogen) atoms. The Morgan fingerprint density at radius 1 is 1.60 bits per heavy atom. The fraction of sp³-hybridized carbons (Fsp3) is 0.500. The van der Waals surface area contributed by atoms with E-state index in [9.17, 15) is 0 Å². The van der Waals surface area contributed by atoms with Crippen molar-refractivity contribution in [1.82, 2.24) is 0 Å². The Balaban J connectivity index is 3.92. The van der Waals surface area contributed by atoms with Crippen LogP contribution in [0.15, 0.2) is 25.3 Å². The van der Waals surface area contributed by atoms with E-state index >= 15 is 0 Å². The lowest BCUT2D eigenvalue weighted by Gasteiger charge is -2.21. The highest BCUT2D eigenvalue weighted by Gasteiger charge is 2.18. The van der Waals surface area contributed by atoms with Crippen LogP contribution in [0.2, 0.25) is 0 Å². The number of allylic oxidation sites excluding steroid dienone is 1. The van der Waals surface area contributed by atoms with Gasteiger partial charge in [-0.15, -0.1) is 13.2 Å². The van der Waals surface area contributed by atoms with Gasteiger partial charge in [0.05, 0.1) is 6.61 Å². The molecule has 1 N–H and O–H groups in total. The summed E-state index contributed by atoms with van der Waals surface area (Å²) < 4.78 is 0. The number of rotatable bonds is 5. The van der Waals surface area contributed by atoms with E-state index in [2.05, 4.69) is 18.0 Å². The van der Waals surface area contributed by atoms with Gasteiger partial charge in [-0.3, -0.25) is 5.26 Å². The van der Waals surface area contributed by atoms with E-state index in [1.165, 1.54) is 0 Å². The second kappa shape index (κ2) is 4.25. The van der Waals surface area contributed by atoms with E-state index in [4.69, 9.17) is 5.26 Å². The van der Waals surface area contributed by atoms with Crippen molar-refractivity contribution in [3.8, 4) is 0 Å². The Morgan fingerprint density at radius 3 is 2.50 bits per heavy atom. The molecule has 58 valence electrons. The van der Waals surface area contributed by atoms with Gasteiger partial charge in [0.1, 0.15) is 0 Å². The molecule has 2 nitrogen and oxygen atoms in total. The van der Waals surface area contributed by atoms with Crippen molar-refractivity contribution in [1.29, 1.82) is 0 Å². The standard InChI is InChI=1S/C8H14O2/c1-4-6-8(3,5-2)7-10-9/h4-5,9H,1-2,6-7H2,3H3. The maximum atomic E-state index is 8.18. The zero-order valence-corrected chi connectivity index (χ0v) is 6.34. The van der Waals surface area contributed by atoms with Crippen molar-refractivity contribution >= 4 is 0 Å². The molecule has 0 bridgehead atoms. The van der Waals surface area contributed by atoms with Crippen LogP contribution in [-0.2, 0) is 4.89 Å². The molecule has 2 heteroatoms. The molecule has 0 amide bonds. The molecule has 0 aliphatic carbocycles. The third-order valence-electron chi connectivity index (χ3n) is 1.50. The Hall–Kier alpha value is -0.600. The first-order chi connectivity index (χ1) is 4.68. The molecule has 0 heterocycles. The Kier molecular flexibility index (Phi) is 4.00. The van der Waals surface area contributed by atoms with Crippen LogP contribution in [0.25, 0.3) is 0 Å². The van der Waals surface area contributed by atoms with Crippen molar-refractivity contribution in [2.45, 2.75) is 13.3 Å². The van der Waals surface area contributed by atoms with Crippen LogP contribution < -0.4 is 0 Å². The molecular formula is C8H14O2. The Morgan fingerprint density at radius 2 is 2.20 bits per heavy atom. The van der Waals surface area contributed by atoms with Crippen LogP contribution >= 0.6 is 0 Å². The van der Waals surface area contributed by atoms with Crippen LogP contribution in [0.5, 0.6) is 0 Å². The summed E-state index contributed by atoms with van der Waals surface area (Å²) in [4.78, 5) is 4.03. The topological polar surface area (TPSA) is 29.5 Å². The van der Waals surface area contributed by atoms with E-state index in [1.807, 2.05) is 6.92 Å². The fourth-order valence-electron chi connectivity index (χ4n) is 0.678. The summed E-state index contributed by atoms with van der Waals surface area (Å²) in [7, 11) is 0. The monoisotopic (exact) mass is 142 g/mol. The maximum Gasteiger partial charge on any atom is 0.0910 e. The average molecular weight is 142 g/mol. The SMILES string of the molecule is C=CCC(C)(C=C)COO. The summed E-state index contributed by atoms with van der Waals surface area (Å²) in [6.45, 7) is 9.43. The molecule has 0 radical (unpaired) electrons. The van der Waals surface area contributed by atoms with Gasteiger partial charge in [-0.2, -0.15) is 0 Å². The fourth-order valence-corrected chi connectivity index (χ4v) is 0.678. The van der Waals surface area contributed by atoms with E-state index in [1.54, 1.807) is 12.2 Å². The van der Waals surface area contributed by atoms with Gasteiger partial charge in [-0.05, 0) is 6.42 Å². The molecule has 0 aromatic carbocycles. The predicted molar refractivity (Wildman–Crippen MR) is 41.7 cm³/mol. The van der Waals surface area contributed by atoms with E-state index in [-0.39, 0.29) is 12.0 Å². The largest absolute Gasteiger partial charge is 0.252 e. The van der Waals surface area contributed by atoms with Crippen molar-refractivity contribution in [3.63, 3.8) is 0 Å². The zero-order chi connectivity index (χ0) is 8.04. The third kappa shape index (κ3) is 2.80. The van der Waals surface area contributed by atoms with Gasteiger partial charge >= 0.3 is 0 Å². The minimum atomic E-state index is -0.184. The molecule has 0 rings (SSSR count). The molecule has 0 aromatic rings. The first-order valence-corrected chi connectivity index (χ1v) is 3.19. The molecule has 0 saturated carbocycles. The van der Waals surface area contributed by atoms with E-state index < -0.39 is 0 Å². The van der Waals surface area contributed by atoms with E-state index in [0.29, 0.717) is 0 Å². The Bertz CT molecular complexity index is 120. The van der Waals surface area contributed by atoms with E-state index in [0.717, 1.165) is 6.42 Å². The highest BCUT2D eigenvalue weighted by Crippen LogP contribution is 2.22. The highest BCUT2D eigenvalue weighted by atomic mass is 17.1. The van der Waals surface area contributed by atoms with Crippen molar-refractivity contribution in [2.75, 3.05) is 6.61 Å². The molecule has 0 aliphatic heterocycles. The van der Waals surface area contributed by atoms with Gasteiger partial charge in [0, 0.05) is 5.41 Å². The summed E-state index contributed by atoms with van der Waals surface area (Å²) in [5.74, 6) is 0. The second-order valence-electron chi connectivity index (χ2n) is 2.62. The smallest absolute Gasteiger partial charge is 0.0910 e. The molecule has 0 aliphatic rings. The lowest BCUT2D eigenvalue weighted by Crippen LogP contribution is -2.18. The molecule has 0 spiro atoms. The van der Waals surface area contributed by atoms with Crippen LogP contribution in [0, 0.1) is 5.41 Å². The lowest BCUT2D eigenvalue weighted by molar-refractivity contribution is -0.256. The third-order valence-corrected chi connectivity index (χ3v) is 1.50. The van der Waals surface area contributed by atoms with Crippen molar-refractivity contribution in [2.24, 2.45) is 5.41 Å². The van der Waals surface area contributed by atoms with Crippen LogP contribution in [0.4, 0.5) is 0 Å². The minimum Gasteiger partial charge on any atom is -0.252 e. The van der Waals surface area contributed by atoms with Crippen molar-refractivity contribution < 1.29 is 10.1 Å². The quantitative estimate of drug-likeness (QED) is 0.362. The second-order valence-corrected chi connectivity index (χ2v) is 2.62. The summed E-state index contributed by atoms with van der Waals surface area (Å²) in [6.07, 6.45) is 4.29. The lowest BCUT2D eigenvalue weighted by atomic mass is 9.88. The molecule has 0 aromatic heterocycles. The summed E-state index contributed by atoms with van der Waals surface area (Å²) in [6, 6.07) is 0. The first-order valence-electron chi connectivity index (χ1n) is 3.19.